The third-order valence-corrected chi connectivity index (χ3v) is 9.13. The van der Waals surface area contributed by atoms with E-state index in [2.05, 4.69) is 43.0 Å². The molecular weight excluding hydrogens is 606 g/mol. The van der Waals surface area contributed by atoms with E-state index in [0.717, 1.165) is 68.2 Å². The van der Waals surface area contributed by atoms with E-state index in [0.29, 0.717) is 41.4 Å². The number of likely N-dealkylation sites (tertiary alicyclic amines) is 1. The Morgan fingerprint density at radius 1 is 0.979 bits per heavy atom. The summed E-state index contributed by atoms with van der Waals surface area (Å²) in [5, 5.41) is 8.27. The molecule has 11 nitrogen and oxygen atoms in total. The lowest BCUT2D eigenvalue weighted by Gasteiger charge is -2.37. The molecule has 0 radical (unpaired) electrons. The summed E-state index contributed by atoms with van der Waals surface area (Å²) in [6, 6.07) is 23.9. The van der Waals surface area contributed by atoms with Gasteiger partial charge < -0.3 is 29.9 Å². The molecule has 0 saturated carbocycles. The Balaban J connectivity index is 1.14. The van der Waals surface area contributed by atoms with Crippen LogP contribution in [-0.2, 0) is 9.63 Å². The maximum Gasteiger partial charge on any atom is 0.247 e. The number of carbonyl (C=O) groups is 1. The highest BCUT2D eigenvalue weighted by Crippen LogP contribution is 2.42. The number of benzene rings is 3. The van der Waals surface area contributed by atoms with Gasteiger partial charge in [0.05, 0.1) is 36.8 Å². The Kier molecular flexibility index (Phi) is 9.39. The van der Waals surface area contributed by atoms with E-state index < -0.39 is 0 Å². The molecule has 1 amide bonds. The van der Waals surface area contributed by atoms with Crippen LogP contribution in [-0.4, -0.2) is 66.7 Å². The number of amides is 1. The van der Waals surface area contributed by atoms with Crippen molar-refractivity contribution in [3.8, 4) is 17.2 Å². The second-order valence-electron chi connectivity index (χ2n) is 12.2. The lowest BCUT2D eigenvalue weighted by atomic mass is 10.0. The SMILES string of the molecule is C=CC(=O)Nc1cc(Nc2cc(N3OCC[C@@H]3c3cccc(Oc4ccccc4)c3)ncn2)c(OC)cc1N1CCC[C@@H]1CN1CCC1. The molecule has 0 unspecified atom stereocenters. The quantitative estimate of drug-likeness (QED) is 0.161. The minimum atomic E-state index is -0.273. The van der Waals surface area contributed by atoms with Crippen LogP contribution in [0.15, 0.2) is 91.8 Å². The molecule has 2 atom stereocenters. The predicted octanol–water partition coefficient (Wildman–Crippen LogP) is 6.70. The number of nitrogens with zero attached hydrogens (tertiary/aromatic N) is 5. The zero-order chi connectivity index (χ0) is 32.9. The number of rotatable bonds is 12. The maximum absolute atomic E-state index is 12.6. The van der Waals surface area contributed by atoms with Crippen LogP contribution in [0.25, 0.3) is 0 Å². The van der Waals surface area contributed by atoms with Crippen molar-refractivity contribution in [1.82, 2.24) is 14.9 Å². The number of nitrogens with one attached hydrogen (secondary N) is 2. The summed E-state index contributed by atoms with van der Waals surface area (Å²) in [4.78, 5) is 32.6. The van der Waals surface area contributed by atoms with Crippen molar-refractivity contribution in [3.05, 3.63) is 97.3 Å². The third kappa shape index (κ3) is 6.92. The Hall–Kier alpha value is -5.13. The fraction of sp³-hybridized carbons (Fsp3) is 0.324. The third-order valence-electron chi connectivity index (χ3n) is 9.13. The standard InChI is InChI=1S/C37H41N7O4/c1-3-37(45)41-30-21-31(34(46-2)22-33(30)43-18-8-11-27(43)24-42-16-9-17-42)40-35-23-36(39-25-38-35)44-32(15-19-47-44)26-10-7-14-29(20-26)48-28-12-5-4-6-13-28/h3-7,10,12-14,20-23,25,27,32H,1,8-9,11,15-19,24H2,2H3,(H,41,45)(H,38,39,40)/t27-,32-/m1/s1. The first kappa shape index (κ1) is 31.5. The molecule has 48 heavy (non-hydrogen) atoms. The number of hydrogen-bond acceptors (Lipinski definition) is 10. The molecular formula is C37H41N7O4. The van der Waals surface area contributed by atoms with Gasteiger partial charge in [-0.25, -0.2) is 15.0 Å². The van der Waals surface area contributed by atoms with Crippen molar-refractivity contribution in [1.29, 1.82) is 0 Å². The van der Waals surface area contributed by atoms with Crippen molar-refractivity contribution < 1.29 is 19.1 Å². The van der Waals surface area contributed by atoms with Gasteiger partial charge in [-0.3, -0.25) is 9.63 Å². The topological polar surface area (TPSA) is 104 Å². The second-order valence-corrected chi connectivity index (χ2v) is 12.2. The van der Waals surface area contributed by atoms with Crippen LogP contribution >= 0.6 is 0 Å². The number of ether oxygens (including phenoxy) is 2. The first-order valence-corrected chi connectivity index (χ1v) is 16.6. The molecule has 4 aromatic rings. The lowest BCUT2D eigenvalue weighted by molar-refractivity contribution is -0.111. The van der Waals surface area contributed by atoms with E-state index in [1.54, 1.807) is 7.11 Å². The minimum absolute atomic E-state index is 0.0636. The minimum Gasteiger partial charge on any atom is -0.494 e. The van der Waals surface area contributed by atoms with Crippen LogP contribution in [0.2, 0.25) is 0 Å². The number of carbonyl (C=O) groups excluding carboxylic acids is 1. The normalized spacial score (nSPS) is 19.1. The molecule has 0 bridgehead atoms. The van der Waals surface area contributed by atoms with Crippen LogP contribution in [0.5, 0.6) is 17.2 Å². The van der Waals surface area contributed by atoms with Crippen LogP contribution in [0.4, 0.5) is 28.7 Å². The molecule has 3 fully saturated rings. The fourth-order valence-electron chi connectivity index (χ4n) is 6.64. The van der Waals surface area contributed by atoms with Gasteiger partial charge in [0.25, 0.3) is 0 Å². The Labute approximate surface area is 281 Å². The molecule has 248 valence electrons. The van der Waals surface area contributed by atoms with Gasteiger partial charge in [-0.2, -0.15) is 0 Å². The van der Waals surface area contributed by atoms with Gasteiger partial charge in [0, 0.05) is 37.7 Å². The van der Waals surface area contributed by atoms with E-state index in [-0.39, 0.29) is 11.9 Å². The molecule has 0 aliphatic carbocycles. The highest BCUT2D eigenvalue weighted by molar-refractivity contribution is 6.02. The highest BCUT2D eigenvalue weighted by Gasteiger charge is 2.32. The van der Waals surface area contributed by atoms with Gasteiger partial charge in [-0.1, -0.05) is 36.9 Å². The largest absolute Gasteiger partial charge is 0.494 e. The van der Waals surface area contributed by atoms with Crippen LogP contribution < -0.4 is 30.1 Å². The van der Waals surface area contributed by atoms with Gasteiger partial charge >= 0.3 is 0 Å². The second kappa shape index (κ2) is 14.3. The van der Waals surface area contributed by atoms with Crippen LogP contribution in [0, 0.1) is 0 Å². The summed E-state index contributed by atoms with van der Waals surface area (Å²) in [5.41, 5.74) is 3.34. The lowest BCUT2D eigenvalue weighted by Crippen LogP contribution is -2.46. The van der Waals surface area contributed by atoms with E-state index in [4.69, 9.17) is 14.3 Å². The van der Waals surface area contributed by atoms with E-state index >= 15 is 0 Å². The molecule has 3 aliphatic rings. The summed E-state index contributed by atoms with van der Waals surface area (Å²) < 4.78 is 12.0. The van der Waals surface area contributed by atoms with Crippen molar-refractivity contribution in [2.45, 2.75) is 37.8 Å². The Morgan fingerprint density at radius 3 is 2.62 bits per heavy atom. The number of aromatic nitrogens is 2. The average molecular weight is 648 g/mol. The summed E-state index contributed by atoms with van der Waals surface area (Å²) in [6.07, 6.45) is 7.06. The van der Waals surface area contributed by atoms with E-state index in [1.165, 1.54) is 18.8 Å². The molecule has 4 heterocycles. The van der Waals surface area contributed by atoms with Gasteiger partial charge in [0.15, 0.2) is 5.82 Å². The Bertz CT molecular complexity index is 1750. The van der Waals surface area contributed by atoms with Crippen LogP contribution in [0.1, 0.15) is 37.3 Å². The van der Waals surface area contributed by atoms with Crippen molar-refractivity contribution in [2.75, 3.05) is 60.5 Å². The number of hydroxylamine groups is 1. The summed E-state index contributed by atoms with van der Waals surface area (Å²) in [6.45, 7) is 8.45. The Morgan fingerprint density at radius 2 is 1.83 bits per heavy atom. The average Bonchev–Trinajstić information content (AvgIpc) is 3.78. The van der Waals surface area contributed by atoms with E-state index in [1.807, 2.05) is 71.8 Å². The maximum atomic E-state index is 12.6. The van der Waals surface area contributed by atoms with E-state index in [9.17, 15) is 4.79 Å². The van der Waals surface area contributed by atoms with Crippen molar-refractivity contribution in [3.63, 3.8) is 0 Å². The van der Waals surface area contributed by atoms with Gasteiger partial charge in [0.1, 0.15) is 29.4 Å². The molecule has 11 heteroatoms. The fourth-order valence-corrected chi connectivity index (χ4v) is 6.64. The van der Waals surface area contributed by atoms with Gasteiger partial charge in [-0.05, 0) is 74.3 Å². The molecule has 3 aromatic carbocycles. The first-order chi connectivity index (χ1) is 23.6. The predicted molar refractivity (Wildman–Crippen MR) is 187 cm³/mol. The summed E-state index contributed by atoms with van der Waals surface area (Å²) >= 11 is 0. The summed E-state index contributed by atoms with van der Waals surface area (Å²) in [7, 11) is 1.65. The van der Waals surface area contributed by atoms with Crippen molar-refractivity contribution >= 4 is 34.6 Å². The highest BCUT2D eigenvalue weighted by atomic mass is 16.7. The number of hydrogen-bond donors (Lipinski definition) is 2. The monoisotopic (exact) mass is 647 g/mol. The molecule has 3 saturated heterocycles. The smallest absolute Gasteiger partial charge is 0.247 e. The summed E-state index contributed by atoms with van der Waals surface area (Å²) in [5.74, 6) is 3.08. The van der Waals surface area contributed by atoms with Crippen molar-refractivity contribution in [2.24, 2.45) is 0 Å². The number of methoxy groups -OCH3 is 1. The molecule has 3 aliphatic heterocycles. The van der Waals surface area contributed by atoms with Crippen LogP contribution in [0.3, 0.4) is 0 Å². The first-order valence-electron chi connectivity index (χ1n) is 16.6. The number of para-hydroxylation sites is 1. The molecule has 0 spiro atoms. The molecule has 2 N–H and O–H groups in total. The molecule has 7 rings (SSSR count). The van der Waals surface area contributed by atoms with Gasteiger partial charge in [0.2, 0.25) is 5.91 Å². The molecule has 1 aromatic heterocycles. The number of anilines is 5. The zero-order valence-corrected chi connectivity index (χ0v) is 27.2. The van der Waals surface area contributed by atoms with Gasteiger partial charge in [-0.15, -0.1) is 0 Å². The zero-order valence-electron chi connectivity index (χ0n) is 27.2.